The van der Waals surface area contributed by atoms with Gasteiger partial charge in [0.05, 0.1) is 0 Å². The molecule has 0 atom stereocenters. The van der Waals surface area contributed by atoms with Crippen LogP contribution in [0.15, 0.2) is 84.9 Å². The van der Waals surface area contributed by atoms with Crippen LogP contribution in [0.3, 0.4) is 0 Å². The largest absolute Gasteiger partial charge is 0.362 e. The van der Waals surface area contributed by atoms with Gasteiger partial charge in [0.15, 0.2) is 0 Å². The van der Waals surface area contributed by atoms with Crippen LogP contribution in [-0.2, 0) is 10.3 Å². The second kappa shape index (κ2) is 5.32. The average Bonchev–Trinajstić information content (AvgIpc) is 2.63. The molecule has 0 saturated carbocycles. The van der Waals surface area contributed by atoms with Crippen LogP contribution in [-0.4, -0.2) is 6.73 Å². The Kier molecular flexibility index (Phi) is 3.17. The minimum Gasteiger partial charge on any atom is -0.362 e. The van der Waals surface area contributed by atoms with Gasteiger partial charge in [-0.1, -0.05) is 78.9 Å². The fraction of sp³-hybridized carbons (Fsp3) is 0.100. The predicted molar refractivity (Wildman–Crippen MR) is 88.8 cm³/mol. The summed E-state index contributed by atoms with van der Waals surface area (Å²) in [7, 11) is 0. The van der Waals surface area contributed by atoms with Crippen molar-refractivity contribution in [3.63, 3.8) is 0 Å². The van der Waals surface area contributed by atoms with Crippen molar-refractivity contribution in [2.75, 3.05) is 12.0 Å². The highest BCUT2D eigenvalue weighted by Gasteiger charge is 2.41. The summed E-state index contributed by atoms with van der Waals surface area (Å²) in [5.41, 5.74) is 4.01. The first kappa shape index (κ1) is 13.1. The van der Waals surface area contributed by atoms with Gasteiger partial charge in [-0.05, 0) is 17.2 Å². The number of anilines is 1. The Morgan fingerprint density at radius 3 is 1.86 bits per heavy atom. The summed E-state index contributed by atoms with van der Waals surface area (Å²) in [6.45, 7) is 0.487. The second-order valence-corrected chi connectivity index (χ2v) is 5.42. The SMILES string of the molecule is c1ccc(C2(c3ccccc3)OCNc3ccccc32)cc1. The standard InChI is InChI=1S/C20H17NO/c1-3-9-16(10-4-1)20(17-11-5-2-6-12-17)18-13-7-8-14-19(18)21-15-22-20/h1-14,21H,15H2. The molecule has 0 amide bonds. The minimum absolute atomic E-state index is 0.487. The quantitative estimate of drug-likeness (QED) is 0.755. The molecule has 1 aliphatic heterocycles. The summed E-state index contributed by atoms with van der Waals surface area (Å²) >= 11 is 0. The van der Waals surface area contributed by atoms with E-state index in [2.05, 4.69) is 78.1 Å². The molecule has 1 aliphatic rings. The van der Waals surface area contributed by atoms with E-state index in [0.717, 1.165) is 22.4 Å². The van der Waals surface area contributed by atoms with Gasteiger partial charge in [0.2, 0.25) is 0 Å². The summed E-state index contributed by atoms with van der Waals surface area (Å²) < 4.78 is 6.35. The van der Waals surface area contributed by atoms with Crippen molar-refractivity contribution in [1.82, 2.24) is 0 Å². The van der Waals surface area contributed by atoms with E-state index in [1.54, 1.807) is 0 Å². The molecular weight excluding hydrogens is 270 g/mol. The molecule has 0 saturated heterocycles. The van der Waals surface area contributed by atoms with E-state index in [1.165, 1.54) is 0 Å². The monoisotopic (exact) mass is 287 g/mol. The first-order valence-corrected chi connectivity index (χ1v) is 7.50. The Hall–Kier alpha value is -2.58. The van der Waals surface area contributed by atoms with Crippen LogP contribution in [0.2, 0.25) is 0 Å². The highest BCUT2D eigenvalue weighted by atomic mass is 16.5. The fourth-order valence-electron chi connectivity index (χ4n) is 3.23. The molecule has 4 rings (SSSR count). The fourth-order valence-corrected chi connectivity index (χ4v) is 3.23. The Labute approximate surface area is 130 Å². The Morgan fingerprint density at radius 1 is 0.682 bits per heavy atom. The molecule has 0 aliphatic carbocycles. The van der Waals surface area contributed by atoms with Crippen LogP contribution in [0, 0.1) is 0 Å². The zero-order valence-corrected chi connectivity index (χ0v) is 12.2. The number of benzene rings is 3. The van der Waals surface area contributed by atoms with E-state index in [0.29, 0.717) is 6.73 Å². The maximum absolute atomic E-state index is 6.35. The zero-order valence-electron chi connectivity index (χ0n) is 12.2. The van der Waals surface area contributed by atoms with Gasteiger partial charge < -0.3 is 10.1 Å². The van der Waals surface area contributed by atoms with Crippen LogP contribution < -0.4 is 5.32 Å². The maximum Gasteiger partial charge on any atom is 0.148 e. The maximum atomic E-state index is 6.35. The van der Waals surface area contributed by atoms with Crippen LogP contribution in [0.25, 0.3) is 0 Å². The molecule has 0 bridgehead atoms. The van der Waals surface area contributed by atoms with Gasteiger partial charge in [-0.25, -0.2) is 0 Å². The summed E-state index contributed by atoms with van der Waals surface area (Å²) in [5.74, 6) is 0. The Morgan fingerprint density at radius 2 is 1.23 bits per heavy atom. The highest BCUT2D eigenvalue weighted by Crippen LogP contribution is 2.45. The van der Waals surface area contributed by atoms with Crippen molar-refractivity contribution >= 4 is 5.69 Å². The number of para-hydroxylation sites is 1. The lowest BCUT2D eigenvalue weighted by Gasteiger charge is -2.40. The number of ether oxygens (including phenoxy) is 1. The number of fused-ring (bicyclic) bond motifs is 1. The highest BCUT2D eigenvalue weighted by molar-refractivity contribution is 5.62. The van der Waals surface area contributed by atoms with Crippen molar-refractivity contribution in [2.24, 2.45) is 0 Å². The number of nitrogens with one attached hydrogen (secondary N) is 1. The molecule has 1 N–H and O–H groups in total. The first-order chi connectivity index (χ1) is 10.9. The summed E-state index contributed by atoms with van der Waals surface area (Å²) in [6.07, 6.45) is 0. The summed E-state index contributed by atoms with van der Waals surface area (Å²) in [5, 5.41) is 3.33. The third-order valence-electron chi connectivity index (χ3n) is 4.22. The molecule has 108 valence electrons. The summed E-state index contributed by atoms with van der Waals surface area (Å²) in [4.78, 5) is 0. The third kappa shape index (κ3) is 1.92. The third-order valence-corrected chi connectivity index (χ3v) is 4.22. The molecular formula is C20H17NO. The van der Waals surface area contributed by atoms with E-state index in [4.69, 9.17) is 4.74 Å². The van der Waals surface area contributed by atoms with E-state index in [1.807, 2.05) is 12.1 Å². The van der Waals surface area contributed by atoms with Gasteiger partial charge in [-0.15, -0.1) is 0 Å². The molecule has 22 heavy (non-hydrogen) atoms. The minimum atomic E-state index is -0.565. The van der Waals surface area contributed by atoms with Gasteiger partial charge in [0.25, 0.3) is 0 Å². The van der Waals surface area contributed by atoms with Crippen LogP contribution in [0.4, 0.5) is 5.69 Å². The van der Waals surface area contributed by atoms with Crippen molar-refractivity contribution in [3.8, 4) is 0 Å². The number of rotatable bonds is 2. The lowest BCUT2D eigenvalue weighted by atomic mass is 9.78. The summed E-state index contributed by atoms with van der Waals surface area (Å²) in [6, 6.07) is 29.2. The topological polar surface area (TPSA) is 21.3 Å². The van der Waals surface area contributed by atoms with E-state index in [-0.39, 0.29) is 0 Å². The van der Waals surface area contributed by atoms with Crippen molar-refractivity contribution in [3.05, 3.63) is 102 Å². The molecule has 2 heteroatoms. The van der Waals surface area contributed by atoms with Gasteiger partial charge in [-0.3, -0.25) is 0 Å². The van der Waals surface area contributed by atoms with Crippen LogP contribution in [0.5, 0.6) is 0 Å². The lowest BCUT2D eigenvalue weighted by molar-refractivity contribution is 0.0177. The molecule has 0 spiro atoms. The molecule has 0 aromatic heterocycles. The second-order valence-electron chi connectivity index (χ2n) is 5.42. The Bertz CT molecular complexity index is 728. The van der Waals surface area contributed by atoms with Crippen molar-refractivity contribution in [2.45, 2.75) is 5.60 Å². The molecule has 3 aromatic carbocycles. The first-order valence-electron chi connectivity index (χ1n) is 7.50. The van der Waals surface area contributed by atoms with E-state index >= 15 is 0 Å². The van der Waals surface area contributed by atoms with Crippen molar-refractivity contribution in [1.29, 1.82) is 0 Å². The average molecular weight is 287 g/mol. The molecule has 1 heterocycles. The van der Waals surface area contributed by atoms with Crippen LogP contribution >= 0.6 is 0 Å². The number of hydrogen-bond acceptors (Lipinski definition) is 2. The molecule has 0 fully saturated rings. The van der Waals surface area contributed by atoms with E-state index in [9.17, 15) is 0 Å². The smallest absolute Gasteiger partial charge is 0.148 e. The molecule has 0 radical (unpaired) electrons. The molecule has 2 nitrogen and oxygen atoms in total. The molecule has 0 unspecified atom stereocenters. The van der Waals surface area contributed by atoms with Gasteiger partial charge in [0.1, 0.15) is 12.3 Å². The van der Waals surface area contributed by atoms with E-state index < -0.39 is 5.60 Å². The zero-order chi connectivity index (χ0) is 14.8. The number of hydrogen-bond donors (Lipinski definition) is 1. The van der Waals surface area contributed by atoms with Gasteiger partial charge in [0, 0.05) is 11.3 Å². The normalized spacial score (nSPS) is 15.6. The predicted octanol–water partition coefficient (Wildman–Crippen LogP) is 4.38. The van der Waals surface area contributed by atoms with Crippen LogP contribution in [0.1, 0.15) is 16.7 Å². The van der Waals surface area contributed by atoms with Crippen molar-refractivity contribution < 1.29 is 4.74 Å². The van der Waals surface area contributed by atoms with Gasteiger partial charge >= 0.3 is 0 Å². The Balaban J connectivity index is 2.04. The molecule has 3 aromatic rings. The van der Waals surface area contributed by atoms with Gasteiger partial charge in [-0.2, -0.15) is 0 Å². The lowest BCUT2D eigenvalue weighted by Crippen LogP contribution is -2.39.